The Kier molecular flexibility index (Phi) is 4.41. The largest absolute Gasteiger partial charge is 0.492 e. The lowest BCUT2D eigenvalue weighted by molar-refractivity contribution is 0.192. The van der Waals surface area contributed by atoms with Crippen molar-refractivity contribution in [2.75, 3.05) is 26.2 Å². The van der Waals surface area contributed by atoms with Gasteiger partial charge in [-0.15, -0.1) is 0 Å². The van der Waals surface area contributed by atoms with Crippen LogP contribution in [0.3, 0.4) is 0 Å². The number of para-hydroxylation sites is 1. The van der Waals surface area contributed by atoms with Crippen LogP contribution in [0.2, 0.25) is 0 Å². The van der Waals surface area contributed by atoms with E-state index >= 15 is 0 Å². The summed E-state index contributed by atoms with van der Waals surface area (Å²) in [6.45, 7) is 7.82. The second-order valence-corrected chi connectivity index (χ2v) is 5.14. The highest BCUT2D eigenvalue weighted by molar-refractivity contribution is 5.33. The summed E-state index contributed by atoms with van der Waals surface area (Å²) in [5, 5.41) is 12.6. The zero-order valence-corrected chi connectivity index (χ0v) is 11.6. The van der Waals surface area contributed by atoms with Crippen LogP contribution in [0.5, 0.6) is 5.75 Å². The number of nitriles is 1. The van der Waals surface area contributed by atoms with Gasteiger partial charge in [0.05, 0.1) is 6.07 Å². The van der Waals surface area contributed by atoms with E-state index in [1.54, 1.807) is 0 Å². The number of rotatable bonds is 4. The van der Waals surface area contributed by atoms with Crippen molar-refractivity contribution in [2.45, 2.75) is 25.9 Å². The maximum Gasteiger partial charge on any atom is 0.123 e. The molecule has 102 valence electrons. The monoisotopic (exact) mass is 259 g/mol. The molecule has 1 atom stereocenters. The number of nitrogens with one attached hydrogen (secondary N) is 1. The Morgan fingerprint density at radius 3 is 3.00 bits per heavy atom. The predicted octanol–water partition coefficient (Wildman–Crippen LogP) is 1.77. The van der Waals surface area contributed by atoms with Crippen LogP contribution >= 0.6 is 0 Å². The topological polar surface area (TPSA) is 48.3 Å². The van der Waals surface area contributed by atoms with E-state index < -0.39 is 5.54 Å². The van der Waals surface area contributed by atoms with Gasteiger partial charge in [-0.25, -0.2) is 0 Å². The minimum absolute atomic E-state index is 0.506. The molecule has 0 bridgehead atoms. The molecule has 0 saturated heterocycles. The summed E-state index contributed by atoms with van der Waals surface area (Å²) in [7, 11) is 0. The average Bonchev–Trinajstić information content (AvgIpc) is 2.60. The first-order chi connectivity index (χ1) is 9.17. The number of nitrogens with zero attached hydrogens (tertiary/aromatic N) is 2. The van der Waals surface area contributed by atoms with Crippen molar-refractivity contribution in [3.8, 4) is 11.8 Å². The summed E-state index contributed by atoms with van der Waals surface area (Å²) in [4.78, 5) is 2.28. The zero-order chi connectivity index (χ0) is 13.7. The normalized spacial score (nSPS) is 18.6. The number of likely N-dealkylation sites (N-methyl/N-ethyl adjacent to an activating group) is 1. The molecule has 4 nitrogen and oxygen atoms in total. The zero-order valence-electron chi connectivity index (χ0n) is 11.6. The molecule has 0 fully saturated rings. The molecular formula is C15H21N3O. The van der Waals surface area contributed by atoms with Crippen LogP contribution in [0.15, 0.2) is 24.3 Å². The van der Waals surface area contributed by atoms with Gasteiger partial charge < -0.3 is 4.74 Å². The highest BCUT2D eigenvalue weighted by Gasteiger charge is 2.27. The lowest BCUT2D eigenvalue weighted by Gasteiger charge is -2.30. The van der Waals surface area contributed by atoms with E-state index in [0.717, 1.165) is 25.4 Å². The summed E-state index contributed by atoms with van der Waals surface area (Å²) >= 11 is 0. The van der Waals surface area contributed by atoms with E-state index in [4.69, 9.17) is 4.74 Å². The van der Waals surface area contributed by atoms with Crippen molar-refractivity contribution in [2.24, 2.45) is 0 Å². The Morgan fingerprint density at radius 2 is 2.26 bits per heavy atom. The van der Waals surface area contributed by atoms with Crippen LogP contribution in [-0.2, 0) is 6.54 Å². The molecule has 1 heterocycles. The fourth-order valence-corrected chi connectivity index (χ4v) is 2.48. The molecule has 1 unspecified atom stereocenters. The number of fused-ring (bicyclic) bond motifs is 1. The van der Waals surface area contributed by atoms with E-state index in [0.29, 0.717) is 13.2 Å². The van der Waals surface area contributed by atoms with Crippen molar-refractivity contribution in [3.63, 3.8) is 0 Å². The summed E-state index contributed by atoms with van der Waals surface area (Å²) in [6, 6.07) is 10.5. The standard InChI is InChI=1S/C15H21N3O/c1-3-17-15(2,11-16)12-18-8-9-19-14-7-5-4-6-13(14)10-18/h4-7,17H,3,8-10,12H2,1-2H3. The smallest absolute Gasteiger partial charge is 0.123 e. The van der Waals surface area contributed by atoms with Gasteiger partial charge in [-0.05, 0) is 19.5 Å². The van der Waals surface area contributed by atoms with Crippen molar-refractivity contribution in [1.29, 1.82) is 5.26 Å². The van der Waals surface area contributed by atoms with Crippen LogP contribution in [-0.4, -0.2) is 36.7 Å². The van der Waals surface area contributed by atoms with Gasteiger partial charge in [-0.2, -0.15) is 5.26 Å². The summed E-state index contributed by atoms with van der Waals surface area (Å²) in [5.41, 5.74) is 0.686. The van der Waals surface area contributed by atoms with Gasteiger partial charge in [0.1, 0.15) is 17.9 Å². The third-order valence-electron chi connectivity index (χ3n) is 3.39. The van der Waals surface area contributed by atoms with Crippen molar-refractivity contribution in [3.05, 3.63) is 29.8 Å². The highest BCUT2D eigenvalue weighted by Crippen LogP contribution is 2.23. The molecule has 0 aromatic heterocycles. The first-order valence-corrected chi connectivity index (χ1v) is 6.76. The van der Waals surface area contributed by atoms with E-state index in [1.807, 2.05) is 32.0 Å². The Bertz CT molecular complexity index is 469. The number of hydrogen-bond donors (Lipinski definition) is 1. The van der Waals surface area contributed by atoms with E-state index in [-0.39, 0.29) is 0 Å². The third-order valence-corrected chi connectivity index (χ3v) is 3.39. The molecule has 1 aromatic rings. The van der Waals surface area contributed by atoms with Gasteiger partial charge in [0.25, 0.3) is 0 Å². The van der Waals surface area contributed by atoms with E-state index in [2.05, 4.69) is 22.4 Å². The lowest BCUT2D eigenvalue weighted by Crippen LogP contribution is -2.50. The van der Waals surface area contributed by atoms with Crippen LogP contribution in [0.1, 0.15) is 19.4 Å². The predicted molar refractivity (Wildman–Crippen MR) is 74.9 cm³/mol. The van der Waals surface area contributed by atoms with Gasteiger partial charge in [0.2, 0.25) is 0 Å². The highest BCUT2D eigenvalue weighted by atomic mass is 16.5. The van der Waals surface area contributed by atoms with Gasteiger partial charge in [-0.3, -0.25) is 10.2 Å². The Morgan fingerprint density at radius 1 is 1.47 bits per heavy atom. The molecule has 0 spiro atoms. The number of hydrogen-bond acceptors (Lipinski definition) is 4. The number of ether oxygens (including phenoxy) is 1. The maximum atomic E-state index is 9.34. The molecule has 1 aliphatic rings. The fraction of sp³-hybridized carbons (Fsp3) is 0.533. The molecule has 0 amide bonds. The van der Waals surface area contributed by atoms with Crippen molar-refractivity contribution < 1.29 is 4.74 Å². The lowest BCUT2D eigenvalue weighted by atomic mass is 10.0. The van der Waals surface area contributed by atoms with Crippen LogP contribution < -0.4 is 10.1 Å². The summed E-state index contributed by atoms with van der Waals surface area (Å²) in [6.07, 6.45) is 0. The molecule has 0 radical (unpaired) electrons. The summed E-state index contributed by atoms with van der Waals surface area (Å²) < 4.78 is 5.74. The van der Waals surface area contributed by atoms with Crippen molar-refractivity contribution >= 4 is 0 Å². The van der Waals surface area contributed by atoms with Gasteiger partial charge >= 0.3 is 0 Å². The first kappa shape index (κ1) is 13.9. The van der Waals surface area contributed by atoms with Crippen LogP contribution in [0.4, 0.5) is 0 Å². The fourth-order valence-electron chi connectivity index (χ4n) is 2.48. The molecule has 4 heteroatoms. The SMILES string of the molecule is CCNC(C)(C#N)CN1CCOc2ccccc2C1. The van der Waals surface area contributed by atoms with Gasteiger partial charge in [0, 0.05) is 25.2 Å². The molecule has 0 aliphatic carbocycles. The van der Waals surface area contributed by atoms with Crippen molar-refractivity contribution in [1.82, 2.24) is 10.2 Å². The Hall–Kier alpha value is -1.57. The van der Waals surface area contributed by atoms with Crippen LogP contribution in [0, 0.1) is 11.3 Å². The quantitative estimate of drug-likeness (QED) is 0.895. The second kappa shape index (κ2) is 6.05. The van der Waals surface area contributed by atoms with E-state index in [1.165, 1.54) is 5.56 Å². The molecule has 1 N–H and O–H groups in total. The third kappa shape index (κ3) is 3.46. The Labute approximate surface area is 115 Å². The maximum absolute atomic E-state index is 9.34. The molecular weight excluding hydrogens is 238 g/mol. The Balaban J connectivity index is 2.09. The van der Waals surface area contributed by atoms with Gasteiger partial charge in [-0.1, -0.05) is 25.1 Å². The molecule has 1 aromatic carbocycles. The molecule has 0 saturated carbocycles. The average molecular weight is 259 g/mol. The van der Waals surface area contributed by atoms with E-state index in [9.17, 15) is 5.26 Å². The van der Waals surface area contributed by atoms with Gasteiger partial charge in [0.15, 0.2) is 0 Å². The molecule has 2 rings (SSSR count). The minimum atomic E-state index is -0.506. The van der Waals surface area contributed by atoms with Crippen LogP contribution in [0.25, 0.3) is 0 Å². The number of benzene rings is 1. The molecule has 19 heavy (non-hydrogen) atoms. The summed E-state index contributed by atoms with van der Waals surface area (Å²) in [5.74, 6) is 0.965. The second-order valence-electron chi connectivity index (χ2n) is 5.14. The minimum Gasteiger partial charge on any atom is -0.492 e. The first-order valence-electron chi connectivity index (χ1n) is 6.76. The molecule has 1 aliphatic heterocycles.